The topological polar surface area (TPSA) is 137 Å². The van der Waals surface area contributed by atoms with Crippen molar-refractivity contribution in [2.75, 3.05) is 13.1 Å². The smallest absolute Gasteiger partial charge is 0.407 e. The number of ether oxygens (including phenoxy) is 1. The lowest BCUT2D eigenvalue weighted by Crippen LogP contribution is -2.64. The van der Waals surface area contributed by atoms with E-state index in [0.29, 0.717) is 36.3 Å². The van der Waals surface area contributed by atoms with Crippen LogP contribution in [-0.2, 0) is 33.7 Å². The van der Waals surface area contributed by atoms with E-state index in [1.54, 1.807) is 20.8 Å². The normalized spacial score (nSPS) is 35.2. The maximum Gasteiger partial charge on any atom is 0.407 e. The van der Waals surface area contributed by atoms with Crippen LogP contribution in [0, 0.1) is 50.7 Å². The minimum absolute atomic E-state index is 0.0107. The Hall–Kier alpha value is -2.91. The van der Waals surface area contributed by atoms with Crippen molar-refractivity contribution in [2.45, 2.75) is 153 Å². The van der Waals surface area contributed by atoms with E-state index in [1.807, 2.05) is 0 Å². The van der Waals surface area contributed by atoms with Gasteiger partial charge in [-0.2, -0.15) is 0 Å². The van der Waals surface area contributed by atoms with Crippen LogP contribution < -0.4 is 10.6 Å². The van der Waals surface area contributed by atoms with E-state index in [-0.39, 0.29) is 40.8 Å². The van der Waals surface area contributed by atoms with E-state index in [1.165, 1.54) is 46.0 Å². The van der Waals surface area contributed by atoms with E-state index in [2.05, 4.69) is 59.1 Å². The molecule has 7 atom stereocenters. The first-order valence-corrected chi connectivity index (χ1v) is 19.3. The summed E-state index contributed by atoms with van der Waals surface area (Å²) in [5.41, 5.74) is 1.29. The Bertz CT molecular complexity index is 1430. The lowest BCUT2D eigenvalue weighted by molar-refractivity contribution is -0.267. The van der Waals surface area contributed by atoms with E-state index >= 15 is 0 Å². The predicted molar refractivity (Wildman–Crippen MR) is 195 cm³/mol. The van der Waals surface area contributed by atoms with Gasteiger partial charge in [-0.25, -0.2) is 24.2 Å². The standard InChI is InChI=1S/C32H48O5.C9H18N2O3/c1-19(2)25-22(34)18-32(27(35)37-36-20(3)33)17-16-30(7)21(26(25)32)10-11-24-29(6)14-9-13-28(4,5)23(29)12-15-31(24,30)8;1-7(12)10-5-6-11-8(13)14-9(2,3)4/h19,21,23-24H,9-18H2,1-8H3;5-6H2,1-4H3,(H,10,12)(H,11,13)/t21-,23+,24-,29+,30-,31-,32-;/m1./s1. The molecule has 5 aliphatic rings. The molecule has 0 aromatic carbocycles. The maximum atomic E-state index is 13.6. The largest absolute Gasteiger partial charge is 0.444 e. The number of nitrogens with one attached hydrogen (secondary N) is 2. The van der Waals surface area contributed by atoms with E-state index in [4.69, 9.17) is 14.5 Å². The summed E-state index contributed by atoms with van der Waals surface area (Å²) >= 11 is 0. The SMILES string of the molecule is CC(=O)NCCNC(=O)OC(C)(C)C.CC(=O)OOC(=O)[C@@]12CC[C@]3(C)[C@H](CC[C@@H]4[C@@]5(C)CCCC(C)(C)[C@@H]5CC[C@]43C)C1=C(C(C)C)C(=O)C2. The lowest BCUT2D eigenvalue weighted by Gasteiger charge is -2.71. The summed E-state index contributed by atoms with van der Waals surface area (Å²) in [6, 6.07) is 0. The number of allylic oxidation sites excluding steroid dienone is 1. The molecule has 4 saturated carbocycles. The zero-order valence-corrected chi connectivity index (χ0v) is 33.6. The molecule has 4 fully saturated rings. The highest BCUT2D eigenvalue weighted by Gasteiger charge is 2.70. The molecule has 288 valence electrons. The van der Waals surface area contributed by atoms with Crippen molar-refractivity contribution in [1.29, 1.82) is 0 Å². The Morgan fingerprint density at radius 1 is 0.804 bits per heavy atom. The second kappa shape index (κ2) is 14.5. The summed E-state index contributed by atoms with van der Waals surface area (Å²) in [7, 11) is 0. The van der Waals surface area contributed by atoms with Crippen LogP contribution in [0.25, 0.3) is 0 Å². The van der Waals surface area contributed by atoms with Gasteiger partial charge in [0.1, 0.15) is 11.0 Å². The molecule has 0 saturated heterocycles. The molecule has 0 bridgehead atoms. The van der Waals surface area contributed by atoms with Gasteiger partial charge in [-0.1, -0.05) is 54.9 Å². The van der Waals surface area contributed by atoms with Gasteiger partial charge in [-0.15, -0.1) is 0 Å². The fraction of sp³-hybridized carbons (Fsp3) is 0.829. The third kappa shape index (κ3) is 7.62. The van der Waals surface area contributed by atoms with Crippen LogP contribution in [-0.4, -0.2) is 48.4 Å². The van der Waals surface area contributed by atoms with Crippen molar-refractivity contribution in [1.82, 2.24) is 10.6 Å². The molecule has 2 amide bonds. The minimum atomic E-state index is -0.993. The van der Waals surface area contributed by atoms with Gasteiger partial charge in [0.15, 0.2) is 5.78 Å². The predicted octanol–water partition coefficient (Wildman–Crippen LogP) is 8.03. The number of carbonyl (C=O) groups excluding carboxylic acids is 5. The third-order valence-corrected chi connectivity index (χ3v) is 14.0. The molecule has 0 aromatic heterocycles. The summed E-state index contributed by atoms with van der Waals surface area (Å²) in [6.07, 6.45) is 9.78. The number of hydrogen-bond donors (Lipinski definition) is 2. The minimum Gasteiger partial charge on any atom is -0.444 e. The van der Waals surface area contributed by atoms with Gasteiger partial charge in [0.25, 0.3) is 0 Å². The monoisotopic (exact) mass is 714 g/mol. The number of amides is 2. The third-order valence-electron chi connectivity index (χ3n) is 14.0. The molecule has 0 spiro atoms. The Kier molecular flexibility index (Phi) is 11.6. The molecule has 0 unspecified atom stereocenters. The molecular weight excluding hydrogens is 648 g/mol. The Balaban J connectivity index is 0.000000354. The molecule has 10 heteroatoms. The number of alkyl carbamates (subject to hydrolysis) is 1. The van der Waals surface area contributed by atoms with Crippen molar-refractivity contribution in [3.05, 3.63) is 11.1 Å². The van der Waals surface area contributed by atoms with Crippen molar-refractivity contribution in [3.63, 3.8) is 0 Å². The summed E-state index contributed by atoms with van der Waals surface area (Å²) in [5.74, 6) is 0.381. The molecular formula is C41H66N2O8. The first-order valence-electron chi connectivity index (χ1n) is 19.3. The fourth-order valence-corrected chi connectivity index (χ4v) is 11.9. The van der Waals surface area contributed by atoms with Gasteiger partial charge in [-0.05, 0) is 129 Å². The van der Waals surface area contributed by atoms with Gasteiger partial charge in [0, 0.05) is 33.4 Å². The molecule has 0 radical (unpaired) electrons. The number of fused-ring (bicyclic) bond motifs is 7. The highest BCUT2D eigenvalue weighted by Crippen LogP contribution is 2.76. The Morgan fingerprint density at radius 3 is 2.04 bits per heavy atom. The molecule has 0 heterocycles. The average Bonchev–Trinajstić information content (AvgIpc) is 3.30. The summed E-state index contributed by atoms with van der Waals surface area (Å²) in [5, 5.41) is 5.07. The average molecular weight is 715 g/mol. The molecule has 5 rings (SSSR count). The van der Waals surface area contributed by atoms with Crippen molar-refractivity contribution in [2.24, 2.45) is 50.7 Å². The summed E-state index contributed by atoms with van der Waals surface area (Å²) < 4.78 is 4.98. The van der Waals surface area contributed by atoms with Crippen LogP contribution in [0.5, 0.6) is 0 Å². The van der Waals surface area contributed by atoms with Gasteiger partial charge < -0.3 is 15.4 Å². The molecule has 10 nitrogen and oxygen atoms in total. The van der Waals surface area contributed by atoms with E-state index < -0.39 is 29.0 Å². The number of hydrogen-bond acceptors (Lipinski definition) is 8. The number of ketones is 1. The van der Waals surface area contributed by atoms with Crippen LogP contribution in [0.3, 0.4) is 0 Å². The van der Waals surface area contributed by atoms with Crippen LogP contribution >= 0.6 is 0 Å². The second-order valence-electron chi connectivity index (χ2n) is 19.0. The van der Waals surface area contributed by atoms with Gasteiger partial charge in [0.05, 0.1) is 0 Å². The zero-order chi connectivity index (χ0) is 38.4. The molecule has 0 aromatic rings. The highest BCUT2D eigenvalue weighted by molar-refractivity contribution is 6.06. The zero-order valence-electron chi connectivity index (χ0n) is 33.6. The first kappa shape index (κ1) is 40.9. The number of Topliss-reactive ketones (excluding diaryl/α,β-unsaturated/α-hetero) is 1. The molecule has 2 N–H and O–H groups in total. The van der Waals surface area contributed by atoms with Crippen LogP contribution in [0.2, 0.25) is 0 Å². The van der Waals surface area contributed by atoms with Crippen molar-refractivity contribution < 1.29 is 38.5 Å². The highest BCUT2D eigenvalue weighted by atomic mass is 17.2. The summed E-state index contributed by atoms with van der Waals surface area (Å²) in [4.78, 5) is 69.9. The van der Waals surface area contributed by atoms with E-state index in [9.17, 15) is 24.0 Å². The van der Waals surface area contributed by atoms with Crippen LogP contribution in [0.15, 0.2) is 11.1 Å². The Labute approximate surface area is 306 Å². The van der Waals surface area contributed by atoms with Crippen LogP contribution in [0.1, 0.15) is 147 Å². The van der Waals surface area contributed by atoms with Gasteiger partial charge >= 0.3 is 18.0 Å². The van der Waals surface area contributed by atoms with Gasteiger partial charge in [-0.3, -0.25) is 9.59 Å². The summed E-state index contributed by atoms with van der Waals surface area (Å²) in [6.45, 7) is 25.6. The lowest BCUT2D eigenvalue weighted by atomic mass is 9.33. The van der Waals surface area contributed by atoms with Gasteiger partial charge in [0.2, 0.25) is 5.91 Å². The van der Waals surface area contributed by atoms with Crippen molar-refractivity contribution in [3.8, 4) is 0 Å². The second-order valence-corrected chi connectivity index (χ2v) is 19.0. The number of rotatable bonds is 5. The Morgan fingerprint density at radius 2 is 1.45 bits per heavy atom. The van der Waals surface area contributed by atoms with Crippen LogP contribution in [0.4, 0.5) is 4.79 Å². The molecule has 5 aliphatic carbocycles. The first-order chi connectivity index (χ1) is 23.4. The molecule has 0 aliphatic heterocycles. The van der Waals surface area contributed by atoms with Crippen molar-refractivity contribution >= 4 is 29.7 Å². The van der Waals surface area contributed by atoms with E-state index in [0.717, 1.165) is 36.3 Å². The molecule has 51 heavy (non-hydrogen) atoms. The quantitative estimate of drug-likeness (QED) is 0.166. The fourth-order valence-electron chi connectivity index (χ4n) is 11.9. The number of carbonyl (C=O) groups is 5. The maximum absolute atomic E-state index is 13.6.